The second kappa shape index (κ2) is 7.25. The van der Waals surface area contributed by atoms with Gasteiger partial charge in [-0.05, 0) is 32.5 Å². The molecule has 0 radical (unpaired) electrons. The van der Waals surface area contributed by atoms with Gasteiger partial charge in [-0.3, -0.25) is 9.69 Å². The minimum Gasteiger partial charge on any atom is -0.384 e. The van der Waals surface area contributed by atoms with E-state index in [1.54, 1.807) is 18.4 Å². The summed E-state index contributed by atoms with van der Waals surface area (Å²) in [7, 11) is 1.67. The van der Waals surface area contributed by atoms with Gasteiger partial charge in [0.2, 0.25) is 5.91 Å². The molecule has 2 aliphatic rings. The fraction of sp³-hybridized carbons (Fsp3) is 0.750. The maximum absolute atomic E-state index is 12.9. The molecule has 1 fully saturated rings. The zero-order chi connectivity index (χ0) is 16.3. The summed E-state index contributed by atoms with van der Waals surface area (Å²) in [6.07, 6.45) is 2.59. The van der Waals surface area contributed by atoms with E-state index in [1.807, 2.05) is 0 Å². The quantitative estimate of drug-likeness (QED) is 0.851. The Kier molecular flexibility index (Phi) is 5.31. The number of anilines is 1. The predicted octanol–water partition coefficient (Wildman–Crippen LogP) is 1.48. The van der Waals surface area contributed by atoms with Crippen molar-refractivity contribution in [2.45, 2.75) is 32.7 Å². The second-order valence-corrected chi connectivity index (χ2v) is 7.51. The van der Waals surface area contributed by atoms with Crippen molar-refractivity contribution >= 4 is 22.4 Å². The number of nitrogens with zero attached hydrogens (tertiary/aromatic N) is 2. The molecule has 2 N–H and O–H groups in total. The van der Waals surface area contributed by atoms with Gasteiger partial charge in [0.05, 0.1) is 17.7 Å². The third kappa shape index (κ3) is 3.57. The fourth-order valence-corrected chi connectivity index (χ4v) is 4.47. The lowest BCUT2D eigenvalue weighted by molar-refractivity contribution is -0.130. The molecule has 0 aromatic carbocycles. The molecule has 7 heteroatoms. The van der Waals surface area contributed by atoms with Crippen LogP contribution in [0.3, 0.4) is 0 Å². The maximum Gasteiger partial charge on any atom is 0.234 e. The normalized spacial score (nSPS) is 21.0. The highest BCUT2D eigenvalue weighted by atomic mass is 32.1. The van der Waals surface area contributed by atoms with E-state index in [9.17, 15) is 4.79 Å². The van der Waals surface area contributed by atoms with Crippen LogP contribution in [0.5, 0.6) is 0 Å². The Bertz CT molecular complexity index is 549. The van der Waals surface area contributed by atoms with Crippen molar-refractivity contribution in [1.29, 1.82) is 0 Å². The molecule has 0 unspecified atom stereocenters. The summed E-state index contributed by atoms with van der Waals surface area (Å²) in [5.41, 5.74) is 0.725. The van der Waals surface area contributed by atoms with E-state index in [1.165, 1.54) is 4.88 Å². The molecule has 1 aromatic rings. The van der Waals surface area contributed by atoms with Crippen molar-refractivity contribution in [2.75, 3.05) is 45.2 Å². The van der Waals surface area contributed by atoms with Crippen molar-refractivity contribution in [3.8, 4) is 0 Å². The van der Waals surface area contributed by atoms with Crippen molar-refractivity contribution in [1.82, 2.24) is 15.2 Å². The molecule has 0 spiro atoms. The van der Waals surface area contributed by atoms with Gasteiger partial charge in [-0.25, -0.2) is 4.98 Å². The number of carbonyl (C=O) groups excluding carboxylic acids is 1. The molecule has 0 bridgehead atoms. The van der Waals surface area contributed by atoms with E-state index in [-0.39, 0.29) is 5.91 Å². The Labute approximate surface area is 141 Å². The number of amides is 1. The molecule has 0 saturated carbocycles. The molecule has 1 saturated heterocycles. The van der Waals surface area contributed by atoms with Gasteiger partial charge in [0, 0.05) is 31.5 Å². The molecule has 3 heterocycles. The molecule has 0 aliphatic carbocycles. The molecule has 3 rings (SSSR count). The van der Waals surface area contributed by atoms with Crippen LogP contribution in [0.15, 0.2) is 0 Å². The topological polar surface area (TPSA) is 66.5 Å². The Morgan fingerprint density at radius 2 is 2.26 bits per heavy atom. The number of rotatable bonds is 5. The molecule has 23 heavy (non-hydrogen) atoms. The number of carbonyl (C=O) groups is 1. The van der Waals surface area contributed by atoms with Crippen LogP contribution < -0.4 is 10.6 Å². The van der Waals surface area contributed by atoms with E-state index in [4.69, 9.17) is 4.74 Å². The van der Waals surface area contributed by atoms with E-state index < -0.39 is 5.41 Å². The highest BCUT2D eigenvalue weighted by molar-refractivity contribution is 7.15. The highest BCUT2D eigenvalue weighted by Gasteiger charge is 2.40. The monoisotopic (exact) mass is 338 g/mol. The van der Waals surface area contributed by atoms with Gasteiger partial charge in [0.15, 0.2) is 5.13 Å². The van der Waals surface area contributed by atoms with Gasteiger partial charge < -0.3 is 15.4 Å². The Balaban J connectivity index is 1.71. The van der Waals surface area contributed by atoms with E-state index in [2.05, 4.69) is 27.4 Å². The molecule has 2 aliphatic heterocycles. The minimum absolute atomic E-state index is 0.0549. The number of methoxy groups -OCH3 is 1. The smallest absolute Gasteiger partial charge is 0.234 e. The summed E-state index contributed by atoms with van der Waals surface area (Å²) in [5.74, 6) is 0.0549. The van der Waals surface area contributed by atoms with Gasteiger partial charge in [-0.1, -0.05) is 6.92 Å². The number of likely N-dealkylation sites (N-methyl/N-ethyl adjacent to an activating group) is 1. The van der Waals surface area contributed by atoms with Gasteiger partial charge in [-0.2, -0.15) is 0 Å². The van der Waals surface area contributed by atoms with Gasteiger partial charge in [0.25, 0.3) is 0 Å². The lowest BCUT2D eigenvalue weighted by Crippen LogP contribution is -2.47. The molecule has 6 nitrogen and oxygen atoms in total. The lowest BCUT2D eigenvalue weighted by atomic mass is 9.79. The number of piperidine rings is 1. The van der Waals surface area contributed by atoms with E-state index in [0.29, 0.717) is 6.61 Å². The third-order valence-corrected chi connectivity index (χ3v) is 5.94. The van der Waals surface area contributed by atoms with Crippen molar-refractivity contribution in [2.24, 2.45) is 5.41 Å². The third-order valence-electron chi connectivity index (χ3n) is 4.94. The number of fused-ring (bicyclic) bond motifs is 1. The van der Waals surface area contributed by atoms with Crippen molar-refractivity contribution < 1.29 is 9.53 Å². The highest BCUT2D eigenvalue weighted by Crippen LogP contribution is 2.33. The molecular weight excluding hydrogens is 312 g/mol. The Hall–Kier alpha value is -1.02. The average molecular weight is 338 g/mol. The number of ether oxygens (including phenoxy) is 1. The minimum atomic E-state index is -0.429. The lowest BCUT2D eigenvalue weighted by Gasteiger charge is -2.35. The van der Waals surface area contributed by atoms with Gasteiger partial charge in [0.1, 0.15) is 0 Å². The summed E-state index contributed by atoms with van der Waals surface area (Å²) in [5, 5.41) is 7.13. The average Bonchev–Trinajstić information content (AvgIpc) is 2.97. The molecular formula is C16H26N4O2S. The predicted molar refractivity (Wildman–Crippen MR) is 91.8 cm³/mol. The van der Waals surface area contributed by atoms with Crippen molar-refractivity contribution in [3.63, 3.8) is 0 Å². The molecule has 128 valence electrons. The second-order valence-electron chi connectivity index (χ2n) is 6.43. The van der Waals surface area contributed by atoms with Gasteiger partial charge >= 0.3 is 0 Å². The summed E-state index contributed by atoms with van der Waals surface area (Å²) < 4.78 is 5.34. The SMILES string of the molecule is CCN1CCc2nc(NC(=O)C3(COC)CCNCC3)sc2C1. The number of nitrogens with one attached hydrogen (secondary N) is 2. The number of hydrogen-bond acceptors (Lipinski definition) is 6. The first-order valence-corrected chi connectivity index (χ1v) is 9.20. The van der Waals surface area contributed by atoms with Crippen LogP contribution in [0, 0.1) is 5.41 Å². The first-order valence-electron chi connectivity index (χ1n) is 8.39. The first kappa shape index (κ1) is 16.8. The summed E-state index contributed by atoms with van der Waals surface area (Å²) >= 11 is 1.62. The van der Waals surface area contributed by atoms with Crippen LogP contribution in [-0.4, -0.2) is 55.7 Å². The molecule has 1 aromatic heterocycles. The Morgan fingerprint density at radius 3 is 2.96 bits per heavy atom. The number of hydrogen-bond donors (Lipinski definition) is 2. The Morgan fingerprint density at radius 1 is 1.48 bits per heavy atom. The number of aromatic nitrogens is 1. The summed E-state index contributed by atoms with van der Waals surface area (Å²) in [4.78, 5) is 21.2. The van der Waals surface area contributed by atoms with Crippen molar-refractivity contribution in [3.05, 3.63) is 10.6 Å². The number of thiazole rings is 1. The van der Waals surface area contributed by atoms with E-state index >= 15 is 0 Å². The largest absolute Gasteiger partial charge is 0.384 e. The van der Waals surface area contributed by atoms with Crippen LogP contribution in [0.4, 0.5) is 5.13 Å². The van der Waals surface area contributed by atoms with Crippen LogP contribution in [0.25, 0.3) is 0 Å². The maximum atomic E-state index is 12.9. The van der Waals surface area contributed by atoms with E-state index in [0.717, 1.165) is 62.8 Å². The van der Waals surface area contributed by atoms with Gasteiger partial charge in [-0.15, -0.1) is 11.3 Å². The fourth-order valence-electron chi connectivity index (χ4n) is 3.42. The zero-order valence-electron chi connectivity index (χ0n) is 14.0. The van der Waals surface area contributed by atoms with Crippen LogP contribution in [0.2, 0.25) is 0 Å². The first-order chi connectivity index (χ1) is 11.2. The summed E-state index contributed by atoms with van der Waals surface area (Å²) in [6.45, 7) is 7.43. The standard InChI is InChI=1S/C16H26N4O2S/c1-3-20-9-4-12-13(10-20)23-15(18-12)19-14(21)16(11-22-2)5-7-17-8-6-16/h17H,3-11H2,1-2H3,(H,18,19,21). The van der Waals surface area contributed by atoms with Crippen LogP contribution in [0.1, 0.15) is 30.3 Å². The zero-order valence-corrected chi connectivity index (χ0v) is 14.8. The van der Waals surface area contributed by atoms with Crippen LogP contribution >= 0.6 is 11.3 Å². The molecule has 0 atom stereocenters. The summed E-state index contributed by atoms with van der Waals surface area (Å²) in [6, 6.07) is 0. The molecule has 1 amide bonds. The van der Waals surface area contributed by atoms with Crippen LogP contribution in [-0.2, 0) is 22.5 Å².